The smallest absolute Gasteiger partial charge is 0.413 e. The van der Waals surface area contributed by atoms with Crippen molar-refractivity contribution >= 4 is 58.4 Å². The fourth-order valence-corrected chi connectivity index (χ4v) is 7.84. The molecule has 3 amide bonds. The Morgan fingerprint density at radius 3 is 2.22 bits per heavy atom. The third-order valence-electron chi connectivity index (χ3n) is 10.4. The zero-order valence-corrected chi connectivity index (χ0v) is 31.4. The Labute approximate surface area is 315 Å². The minimum Gasteiger partial charge on any atom is -0.505 e. The molecule has 1 aromatic heterocycles. The molecule has 2 saturated carbocycles. The van der Waals surface area contributed by atoms with E-state index in [1.807, 2.05) is 0 Å². The molecule has 294 valence electrons. The number of rotatable bonds is 9. The molecule has 55 heavy (non-hydrogen) atoms. The number of Topliss-reactive ketones (excluding diaryl/α,β-unsaturated/α-hetero) is 4. The molecule has 0 saturated heterocycles. The Hall–Kier alpha value is -5.75. The number of hydrogen-bond donors (Lipinski definition) is 4. The number of phenolic OH excluding ortho intramolecular Hbond substituents is 1. The van der Waals surface area contributed by atoms with Crippen LogP contribution in [0.1, 0.15) is 53.5 Å². The van der Waals surface area contributed by atoms with Crippen molar-refractivity contribution in [1.29, 1.82) is 0 Å². The molecule has 0 radical (unpaired) electrons. The Morgan fingerprint density at radius 1 is 1.02 bits per heavy atom. The second-order valence-corrected chi connectivity index (χ2v) is 15.3. The van der Waals surface area contributed by atoms with Crippen LogP contribution in [0.2, 0.25) is 0 Å². The first-order chi connectivity index (χ1) is 25.6. The first kappa shape index (κ1) is 40.4. The third kappa shape index (κ3) is 7.14. The van der Waals surface area contributed by atoms with Crippen molar-refractivity contribution in [2.24, 2.45) is 29.4 Å². The standard InChI is InChI=1S/C37H44N6O12/c1-36(2,3)43(35(52)55-16-54-34(51)17-8-10-39-11-9-17)15-23(44)40-21-14-22(41(4)5)19-12-18-13-20-27(42(6)7)30(47)26(33(38)50)32(49)37(20,53)31(48)24(18)29(46)25(19)28(21)45/h8-11,14,18,20,24,26-27,45,53H,12-13,15-16H2,1-7H3,(H2,38,50)(H,40,44)/t18-,20-,24?,26?,27-,37-/m0/s1. The molecule has 3 aliphatic carbocycles. The molecule has 6 atom stereocenters. The SMILES string of the molecule is CN(C)c1cc(NC(=O)CN(C(=O)OCOC(=O)c2ccncc2)C(C)(C)C)c(O)c2c1C[C@H]1C[C@H]3[C@H](N(C)C)C(=O)C(C(N)=O)C(=O)[C@@]3(O)C(=O)C1C2=O. The molecule has 0 aliphatic heterocycles. The first-order valence-corrected chi connectivity index (χ1v) is 17.3. The van der Waals surface area contributed by atoms with Crippen LogP contribution < -0.4 is 16.0 Å². The van der Waals surface area contributed by atoms with Crippen molar-refractivity contribution in [2.45, 2.75) is 50.8 Å². The summed E-state index contributed by atoms with van der Waals surface area (Å²) in [5.74, 6) is -13.8. The Bertz CT molecular complexity index is 1980. The van der Waals surface area contributed by atoms with Gasteiger partial charge in [0.1, 0.15) is 12.3 Å². The molecule has 0 spiro atoms. The van der Waals surface area contributed by atoms with Gasteiger partial charge >= 0.3 is 12.1 Å². The summed E-state index contributed by atoms with van der Waals surface area (Å²) in [5, 5.41) is 25.9. The van der Waals surface area contributed by atoms with E-state index in [1.54, 1.807) is 39.8 Å². The topological polar surface area (TPSA) is 256 Å². The molecule has 3 aliphatic rings. The largest absolute Gasteiger partial charge is 0.505 e. The van der Waals surface area contributed by atoms with E-state index in [0.717, 1.165) is 4.90 Å². The zero-order valence-electron chi connectivity index (χ0n) is 31.4. The summed E-state index contributed by atoms with van der Waals surface area (Å²) in [4.78, 5) is 114. The predicted octanol–water partition coefficient (Wildman–Crippen LogP) is 0.318. The lowest BCUT2D eigenvalue weighted by Gasteiger charge is -2.52. The van der Waals surface area contributed by atoms with Crippen molar-refractivity contribution in [3.8, 4) is 5.75 Å². The molecule has 0 bridgehead atoms. The number of ketones is 4. The Balaban J connectivity index is 1.42. The number of fused-ring (bicyclic) bond motifs is 3. The summed E-state index contributed by atoms with van der Waals surface area (Å²) in [6.07, 6.45) is 1.65. The number of pyridine rings is 1. The van der Waals surface area contributed by atoms with Gasteiger partial charge in [-0.1, -0.05) is 0 Å². The van der Waals surface area contributed by atoms with Gasteiger partial charge in [0, 0.05) is 43.6 Å². The number of phenols is 1. The highest BCUT2D eigenvalue weighted by Gasteiger charge is 2.69. The van der Waals surface area contributed by atoms with Gasteiger partial charge in [-0.2, -0.15) is 0 Å². The summed E-state index contributed by atoms with van der Waals surface area (Å²) < 4.78 is 10.1. The van der Waals surface area contributed by atoms with Crippen LogP contribution in [0.25, 0.3) is 0 Å². The number of nitrogens with one attached hydrogen (secondary N) is 1. The van der Waals surface area contributed by atoms with E-state index in [0.29, 0.717) is 11.3 Å². The van der Waals surface area contributed by atoms with Crippen LogP contribution in [0.15, 0.2) is 30.6 Å². The minimum absolute atomic E-state index is 0.0104. The molecule has 18 heteroatoms. The lowest BCUT2D eigenvalue weighted by molar-refractivity contribution is -0.181. The molecular weight excluding hydrogens is 720 g/mol. The highest BCUT2D eigenvalue weighted by molar-refractivity contribution is 6.32. The molecule has 2 aromatic rings. The van der Waals surface area contributed by atoms with Crippen molar-refractivity contribution in [2.75, 3.05) is 51.7 Å². The van der Waals surface area contributed by atoms with Gasteiger partial charge in [0.25, 0.3) is 0 Å². The molecule has 1 heterocycles. The number of ether oxygens (including phenoxy) is 2. The number of anilines is 2. The number of aliphatic hydroxyl groups is 1. The second kappa shape index (κ2) is 14.8. The van der Waals surface area contributed by atoms with Gasteiger partial charge in [-0.05, 0) is 77.4 Å². The van der Waals surface area contributed by atoms with Gasteiger partial charge in [0.15, 0.2) is 34.7 Å². The van der Waals surface area contributed by atoms with Crippen LogP contribution in [-0.4, -0.2) is 131 Å². The third-order valence-corrected chi connectivity index (χ3v) is 10.4. The van der Waals surface area contributed by atoms with E-state index in [-0.39, 0.29) is 29.7 Å². The first-order valence-electron chi connectivity index (χ1n) is 17.3. The fourth-order valence-electron chi connectivity index (χ4n) is 7.84. The van der Waals surface area contributed by atoms with Gasteiger partial charge in [0.2, 0.25) is 18.6 Å². The van der Waals surface area contributed by atoms with Gasteiger partial charge in [-0.3, -0.25) is 43.6 Å². The molecule has 2 fully saturated rings. The molecule has 1 aromatic carbocycles. The number of hydrogen-bond acceptors (Lipinski definition) is 15. The van der Waals surface area contributed by atoms with E-state index >= 15 is 0 Å². The maximum absolute atomic E-state index is 14.3. The average Bonchev–Trinajstić information content (AvgIpc) is 3.09. The number of amides is 3. The van der Waals surface area contributed by atoms with Crippen LogP contribution in [0.5, 0.6) is 5.75 Å². The number of nitrogens with two attached hydrogens (primary N) is 1. The monoisotopic (exact) mass is 764 g/mol. The van der Waals surface area contributed by atoms with Gasteiger partial charge < -0.3 is 35.6 Å². The Kier molecular flexibility index (Phi) is 10.9. The highest BCUT2D eigenvalue weighted by Crippen LogP contribution is 2.52. The molecule has 5 N–H and O–H groups in total. The highest BCUT2D eigenvalue weighted by atomic mass is 16.7. The Morgan fingerprint density at radius 2 is 1.65 bits per heavy atom. The summed E-state index contributed by atoms with van der Waals surface area (Å²) >= 11 is 0. The fraction of sp³-hybridized carbons (Fsp3) is 0.486. The van der Waals surface area contributed by atoms with E-state index in [1.165, 1.54) is 49.6 Å². The lowest BCUT2D eigenvalue weighted by atomic mass is 9.52. The van der Waals surface area contributed by atoms with E-state index in [4.69, 9.17) is 15.2 Å². The summed E-state index contributed by atoms with van der Waals surface area (Å²) in [5.41, 5.74) is 1.83. The summed E-state index contributed by atoms with van der Waals surface area (Å²) in [7, 11) is 6.31. The summed E-state index contributed by atoms with van der Waals surface area (Å²) in [6.45, 7) is 3.50. The summed E-state index contributed by atoms with van der Waals surface area (Å²) in [6, 6.07) is 3.00. The lowest BCUT2D eigenvalue weighted by Crippen LogP contribution is -2.74. The number of esters is 1. The number of aromatic nitrogens is 1. The molecule has 2 unspecified atom stereocenters. The molecule has 18 nitrogen and oxygen atoms in total. The quantitative estimate of drug-likeness (QED) is 0.116. The molecule has 5 rings (SSSR count). The van der Waals surface area contributed by atoms with Crippen molar-refractivity contribution in [3.05, 3.63) is 47.3 Å². The maximum atomic E-state index is 14.3. The van der Waals surface area contributed by atoms with Crippen LogP contribution in [0, 0.1) is 23.7 Å². The van der Waals surface area contributed by atoms with Gasteiger partial charge in [0.05, 0.1) is 28.8 Å². The maximum Gasteiger partial charge on any atom is 0.413 e. The number of aromatic hydroxyl groups is 1. The van der Waals surface area contributed by atoms with Crippen LogP contribution in [0.4, 0.5) is 16.2 Å². The van der Waals surface area contributed by atoms with Gasteiger partial charge in [-0.15, -0.1) is 0 Å². The van der Waals surface area contributed by atoms with Gasteiger partial charge in [-0.25, -0.2) is 9.59 Å². The van der Waals surface area contributed by atoms with Crippen LogP contribution >= 0.6 is 0 Å². The van der Waals surface area contributed by atoms with Crippen LogP contribution in [-0.2, 0) is 39.9 Å². The normalized spacial score (nSPS) is 24.6. The average molecular weight is 765 g/mol. The van der Waals surface area contributed by atoms with E-state index in [9.17, 15) is 48.6 Å². The number of primary amides is 1. The van der Waals surface area contributed by atoms with Crippen LogP contribution in [0.3, 0.4) is 0 Å². The zero-order chi connectivity index (χ0) is 40.9. The van der Waals surface area contributed by atoms with E-state index in [2.05, 4.69) is 10.3 Å². The van der Waals surface area contributed by atoms with Crippen molar-refractivity contribution in [1.82, 2.24) is 14.8 Å². The number of benzene rings is 1. The predicted molar refractivity (Wildman–Crippen MR) is 192 cm³/mol. The number of carbonyl (C=O) groups is 8. The second-order valence-electron chi connectivity index (χ2n) is 15.3. The minimum atomic E-state index is -2.90. The number of nitrogens with zero attached hydrogens (tertiary/aromatic N) is 4. The molecular formula is C37H44N6O12. The van der Waals surface area contributed by atoms with Crippen molar-refractivity contribution < 1.29 is 58.0 Å². The number of carbonyl (C=O) groups excluding carboxylic acids is 8. The van der Waals surface area contributed by atoms with Crippen molar-refractivity contribution in [3.63, 3.8) is 0 Å². The number of likely N-dealkylation sites (N-methyl/N-ethyl adjacent to an activating group) is 1. The van der Waals surface area contributed by atoms with E-state index < -0.39 is 107 Å².